The molecule has 0 heterocycles. The van der Waals surface area contributed by atoms with Crippen LogP contribution in [0.2, 0.25) is 0 Å². The van der Waals surface area contributed by atoms with Crippen molar-refractivity contribution in [3.8, 4) is 0 Å². The van der Waals surface area contributed by atoms with Crippen molar-refractivity contribution in [3.05, 3.63) is 29.3 Å². The van der Waals surface area contributed by atoms with Crippen LogP contribution in [-0.4, -0.2) is 44.5 Å². The molecule has 0 amide bonds. The van der Waals surface area contributed by atoms with Crippen LogP contribution in [0.15, 0.2) is 12.1 Å². The zero-order valence-electron chi connectivity index (χ0n) is 13.1. The lowest BCUT2D eigenvalue weighted by Gasteiger charge is -2.29. The molecule has 21 heavy (non-hydrogen) atoms. The molecule has 118 valence electrons. The molecule has 0 saturated heterocycles. The van der Waals surface area contributed by atoms with Gasteiger partial charge < -0.3 is 15.5 Å². The van der Waals surface area contributed by atoms with Crippen LogP contribution in [0, 0.1) is 23.0 Å². The minimum Gasteiger partial charge on any atom is -0.384 e. The lowest BCUT2D eigenvalue weighted by molar-refractivity contribution is 0.406. The fourth-order valence-electron chi connectivity index (χ4n) is 2.08. The van der Waals surface area contributed by atoms with Gasteiger partial charge in [-0.05, 0) is 32.1 Å². The Morgan fingerprint density at radius 2 is 1.71 bits per heavy atom. The number of rotatable bonds is 7. The zero-order chi connectivity index (χ0) is 16.2. The molecular formula is C15H24F2N4. The summed E-state index contributed by atoms with van der Waals surface area (Å²) >= 11 is 0. The van der Waals surface area contributed by atoms with Crippen LogP contribution >= 0.6 is 0 Å². The van der Waals surface area contributed by atoms with Crippen molar-refractivity contribution in [2.24, 2.45) is 11.7 Å². The number of anilines is 1. The molecule has 1 aromatic carbocycles. The van der Waals surface area contributed by atoms with Gasteiger partial charge in [-0.1, -0.05) is 13.8 Å². The van der Waals surface area contributed by atoms with Crippen LogP contribution in [0.1, 0.15) is 19.4 Å². The van der Waals surface area contributed by atoms with Crippen LogP contribution in [0.4, 0.5) is 14.5 Å². The fraction of sp³-hybridized carbons (Fsp3) is 0.533. The van der Waals surface area contributed by atoms with Gasteiger partial charge in [0.25, 0.3) is 0 Å². The van der Waals surface area contributed by atoms with Crippen molar-refractivity contribution in [1.29, 1.82) is 5.41 Å². The van der Waals surface area contributed by atoms with Gasteiger partial charge in [0.2, 0.25) is 0 Å². The van der Waals surface area contributed by atoms with E-state index in [0.717, 1.165) is 12.1 Å². The number of benzene rings is 1. The minimum absolute atomic E-state index is 0.0458. The number of hydrogen-bond acceptors (Lipinski definition) is 3. The van der Waals surface area contributed by atoms with E-state index in [1.165, 1.54) is 0 Å². The third-order valence-electron chi connectivity index (χ3n) is 3.05. The third kappa shape index (κ3) is 4.97. The Hall–Kier alpha value is -1.69. The SMILES string of the molecule is CC(C)CN(CCN(C)C)c1c(F)cc(C(=N)N)cc1F. The Morgan fingerprint density at radius 3 is 2.10 bits per heavy atom. The standard InChI is InChI=1S/C15H24F2N4/c1-10(2)9-21(6-5-20(3)4)14-12(16)7-11(15(18)19)8-13(14)17/h7-8,10H,5-6,9H2,1-4H3,(H3,18,19). The third-order valence-corrected chi connectivity index (χ3v) is 3.05. The summed E-state index contributed by atoms with van der Waals surface area (Å²) < 4.78 is 28.5. The second-order valence-electron chi connectivity index (χ2n) is 5.85. The van der Waals surface area contributed by atoms with Crippen molar-refractivity contribution < 1.29 is 8.78 Å². The van der Waals surface area contributed by atoms with E-state index in [-0.39, 0.29) is 23.0 Å². The maximum atomic E-state index is 14.2. The van der Waals surface area contributed by atoms with E-state index < -0.39 is 11.6 Å². The molecule has 4 nitrogen and oxygen atoms in total. The van der Waals surface area contributed by atoms with Crippen LogP contribution in [0.5, 0.6) is 0 Å². The minimum atomic E-state index is -0.681. The number of nitrogens with two attached hydrogens (primary N) is 1. The molecule has 0 unspecified atom stereocenters. The maximum absolute atomic E-state index is 14.2. The molecule has 0 atom stereocenters. The first-order chi connectivity index (χ1) is 9.72. The van der Waals surface area contributed by atoms with Gasteiger partial charge in [-0.2, -0.15) is 0 Å². The van der Waals surface area contributed by atoms with E-state index in [9.17, 15) is 8.78 Å². The highest BCUT2D eigenvalue weighted by Crippen LogP contribution is 2.25. The Balaban J connectivity index is 3.14. The first-order valence-corrected chi connectivity index (χ1v) is 6.95. The number of amidine groups is 1. The molecule has 0 aliphatic rings. The quantitative estimate of drug-likeness (QED) is 0.600. The molecule has 0 saturated carbocycles. The van der Waals surface area contributed by atoms with E-state index in [0.29, 0.717) is 19.6 Å². The van der Waals surface area contributed by atoms with Crippen LogP contribution in [0.25, 0.3) is 0 Å². The van der Waals surface area contributed by atoms with E-state index >= 15 is 0 Å². The highest BCUT2D eigenvalue weighted by atomic mass is 19.1. The fourth-order valence-corrected chi connectivity index (χ4v) is 2.08. The van der Waals surface area contributed by atoms with E-state index in [2.05, 4.69) is 0 Å². The molecule has 0 fully saturated rings. The van der Waals surface area contributed by atoms with Crippen LogP contribution in [-0.2, 0) is 0 Å². The average Bonchev–Trinajstić information content (AvgIpc) is 2.33. The van der Waals surface area contributed by atoms with Gasteiger partial charge in [0.05, 0.1) is 0 Å². The van der Waals surface area contributed by atoms with Crippen molar-refractivity contribution >= 4 is 11.5 Å². The van der Waals surface area contributed by atoms with E-state index in [1.807, 2.05) is 32.8 Å². The highest BCUT2D eigenvalue weighted by Gasteiger charge is 2.19. The average molecular weight is 298 g/mol. The van der Waals surface area contributed by atoms with Crippen molar-refractivity contribution in [2.45, 2.75) is 13.8 Å². The summed E-state index contributed by atoms with van der Waals surface area (Å²) in [6.07, 6.45) is 0. The smallest absolute Gasteiger partial charge is 0.150 e. The Bertz CT molecular complexity index is 477. The summed E-state index contributed by atoms with van der Waals surface area (Å²) in [6.45, 7) is 5.78. The Labute approximate surface area is 125 Å². The second kappa shape index (κ2) is 7.36. The van der Waals surface area contributed by atoms with Gasteiger partial charge in [0.1, 0.15) is 23.2 Å². The number of hydrogen-bond donors (Lipinski definition) is 2. The number of nitrogen functional groups attached to an aromatic ring is 1. The summed E-state index contributed by atoms with van der Waals surface area (Å²) in [5, 5.41) is 7.28. The van der Waals surface area contributed by atoms with Crippen molar-refractivity contribution in [3.63, 3.8) is 0 Å². The number of halogens is 2. The van der Waals surface area contributed by atoms with Gasteiger partial charge in [-0.3, -0.25) is 5.41 Å². The summed E-state index contributed by atoms with van der Waals surface area (Å²) in [5.41, 5.74) is 5.30. The monoisotopic (exact) mass is 298 g/mol. The molecule has 0 aromatic heterocycles. The van der Waals surface area contributed by atoms with Gasteiger partial charge in [-0.15, -0.1) is 0 Å². The summed E-state index contributed by atoms with van der Waals surface area (Å²) in [4.78, 5) is 3.67. The lowest BCUT2D eigenvalue weighted by atomic mass is 10.1. The normalized spacial score (nSPS) is 11.2. The predicted molar refractivity (Wildman–Crippen MR) is 83.0 cm³/mol. The van der Waals surface area contributed by atoms with E-state index in [4.69, 9.17) is 11.1 Å². The number of nitrogens with zero attached hydrogens (tertiary/aromatic N) is 2. The van der Waals surface area contributed by atoms with Crippen LogP contribution in [0.3, 0.4) is 0 Å². The molecule has 0 radical (unpaired) electrons. The highest BCUT2D eigenvalue weighted by molar-refractivity contribution is 5.95. The number of nitrogens with one attached hydrogen (secondary N) is 1. The molecule has 1 rings (SSSR count). The molecule has 3 N–H and O–H groups in total. The molecule has 0 bridgehead atoms. The second-order valence-corrected chi connectivity index (χ2v) is 5.85. The van der Waals surface area contributed by atoms with Gasteiger partial charge in [0, 0.05) is 25.2 Å². The topological polar surface area (TPSA) is 56.4 Å². The van der Waals surface area contributed by atoms with Crippen molar-refractivity contribution in [2.75, 3.05) is 38.6 Å². The van der Waals surface area contributed by atoms with Crippen LogP contribution < -0.4 is 10.6 Å². The summed E-state index contributed by atoms with van der Waals surface area (Å²) in [5.74, 6) is -1.43. The van der Waals surface area contributed by atoms with Gasteiger partial charge in [0.15, 0.2) is 0 Å². The summed E-state index contributed by atoms with van der Waals surface area (Å²) in [7, 11) is 3.83. The number of likely N-dealkylation sites (N-methyl/N-ethyl adjacent to an activating group) is 1. The molecule has 1 aromatic rings. The molecule has 6 heteroatoms. The van der Waals surface area contributed by atoms with Gasteiger partial charge in [-0.25, -0.2) is 8.78 Å². The molecule has 0 aliphatic heterocycles. The molecule has 0 spiro atoms. The molecular weight excluding hydrogens is 274 g/mol. The predicted octanol–water partition coefficient (Wildman–Crippen LogP) is 2.27. The molecule has 0 aliphatic carbocycles. The maximum Gasteiger partial charge on any atom is 0.150 e. The largest absolute Gasteiger partial charge is 0.384 e. The first-order valence-electron chi connectivity index (χ1n) is 6.95. The Kier molecular flexibility index (Phi) is 6.08. The Morgan fingerprint density at radius 1 is 1.19 bits per heavy atom. The van der Waals surface area contributed by atoms with E-state index in [1.54, 1.807) is 4.90 Å². The summed E-state index contributed by atoms with van der Waals surface area (Å²) in [6, 6.07) is 2.23. The first kappa shape index (κ1) is 17.4. The van der Waals surface area contributed by atoms with Gasteiger partial charge >= 0.3 is 0 Å². The van der Waals surface area contributed by atoms with Crippen molar-refractivity contribution in [1.82, 2.24) is 4.90 Å². The zero-order valence-corrected chi connectivity index (χ0v) is 13.1. The lowest BCUT2D eigenvalue weighted by Crippen LogP contribution is -2.35.